The number of halogens is 2. The van der Waals surface area contributed by atoms with E-state index >= 15 is 0 Å². The monoisotopic (exact) mass is 468 g/mol. The van der Waals surface area contributed by atoms with Crippen LogP contribution in [0, 0.1) is 0 Å². The summed E-state index contributed by atoms with van der Waals surface area (Å²) in [5.41, 5.74) is 0.867. The fourth-order valence-electron chi connectivity index (χ4n) is 2.53. The molecule has 0 spiro atoms. The van der Waals surface area contributed by atoms with Gasteiger partial charge < -0.3 is 19.7 Å². The van der Waals surface area contributed by atoms with Crippen molar-refractivity contribution in [2.75, 3.05) is 20.8 Å². The zero-order valence-electron chi connectivity index (χ0n) is 15.9. The third kappa shape index (κ3) is 5.87. The summed E-state index contributed by atoms with van der Waals surface area (Å²) >= 11 is 9.45. The average molecular weight is 470 g/mol. The highest BCUT2D eigenvalue weighted by Gasteiger charge is 2.26. The van der Waals surface area contributed by atoms with E-state index in [2.05, 4.69) is 21.2 Å². The smallest absolute Gasteiger partial charge is 0.261 e. The highest BCUT2D eigenvalue weighted by Crippen LogP contribution is 2.27. The minimum Gasteiger partial charge on any atom is -0.497 e. The maximum absolute atomic E-state index is 12.8. The molecule has 0 unspecified atom stereocenters. The van der Waals surface area contributed by atoms with Gasteiger partial charge in [-0.05, 0) is 42.8 Å². The second-order valence-electron chi connectivity index (χ2n) is 6.02. The average Bonchev–Trinajstić information content (AvgIpc) is 2.70. The van der Waals surface area contributed by atoms with Crippen LogP contribution in [0.1, 0.15) is 12.5 Å². The van der Waals surface area contributed by atoms with Crippen molar-refractivity contribution in [3.8, 4) is 11.5 Å². The quantitative estimate of drug-likeness (QED) is 0.641. The molecule has 0 heterocycles. The first-order chi connectivity index (χ1) is 13.3. The van der Waals surface area contributed by atoms with Gasteiger partial charge in [0.25, 0.3) is 5.91 Å². The number of carbonyl (C=O) groups is 2. The standard InChI is InChI=1S/C20H22BrClN2O4/c1-13(20(26)23-2)24(11-14-4-7-16(27-3)8-5-14)19(25)12-28-18-9-6-15(21)10-17(18)22/h4-10,13H,11-12H2,1-3H3,(H,23,26)/t13-/m1/s1. The van der Waals surface area contributed by atoms with Crippen molar-refractivity contribution in [2.45, 2.75) is 19.5 Å². The number of benzene rings is 2. The number of likely N-dealkylation sites (N-methyl/N-ethyl adjacent to an activating group) is 1. The molecular weight excluding hydrogens is 448 g/mol. The number of amides is 2. The first-order valence-corrected chi connectivity index (χ1v) is 9.74. The maximum Gasteiger partial charge on any atom is 0.261 e. The third-order valence-corrected chi connectivity index (χ3v) is 4.96. The van der Waals surface area contributed by atoms with Crippen LogP contribution >= 0.6 is 27.5 Å². The molecule has 2 rings (SSSR count). The number of hydrogen-bond acceptors (Lipinski definition) is 4. The van der Waals surface area contributed by atoms with E-state index in [0.717, 1.165) is 10.0 Å². The second kappa shape index (κ2) is 10.3. The predicted octanol–water partition coefficient (Wildman–Crippen LogP) is 3.65. The van der Waals surface area contributed by atoms with Gasteiger partial charge >= 0.3 is 0 Å². The van der Waals surface area contributed by atoms with E-state index in [0.29, 0.717) is 16.5 Å². The number of ether oxygens (including phenoxy) is 2. The first kappa shape index (κ1) is 22.0. The molecule has 0 aliphatic rings. The van der Waals surface area contributed by atoms with Crippen molar-refractivity contribution in [3.63, 3.8) is 0 Å². The lowest BCUT2D eigenvalue weighted by Crippen LogP contribution is -2.48. The van der Waals surface area contributed by atoms with Gasteiger partial charge in [0, 0.05) is 18.1 Å². The van der Waals surface area contributed by atoms with Gasteiger partial charge in [0.05, 0.1) is 12.1 Å². The van der Waals surface area contributed by atoms with Gasteiger partial charge in [-0.1, -0.05) is 39.7 Å². The number of carbonyl (C=O) groups excluding carboxylic acids is 2. The molecule has 1 N–H and O–H groups in total. The fraction of sp³-hybridized carbons (Fsp3) is 0.300. The molecule has 0 bridgehead atoms. The summed E-state index contributed by atoms with van der Waals surface area (Å²) in [5, 5.41) is 2.97. The first-order valence-electron chi connectivity index (χ1n) is 8.57. The lowest BCUT2D eigenvalue weighted by atomic mass is 10.1. The molecule has 6 nitrogen and oxygen atoms in total. The summed E-state index contributed by atoms with van der Waals surface area (Å²) in [7, 11) is 3.12. The van der Waals surface area contributed by atoms with Gasteiger partial charge in [-0.15, -0.1) is 0 Å². The Bertz CT molecular complexity index is 829. The molecule has 2 aromatic rings. The molecule has 2 amide bonds. The SMILES string of the molecule is CNC(=O)[C@@H](C)N(Cc1ccc(OC)cc1)C(=O)COc1ccc(Br)cc1Cl. The van der Waals surface area contributed by atoms with Gasteiger partial charge in [0.15, 0.2) is 6.61 Å². The van der Waals surface area contributed by atoms with E-state index < -0.39 is 6.04 Å². The van der Waals surface area contributed by atoms with Crippen LogP contribution < -0.4 is 14.8 Å². The number of nitrogens with one attached hydrogen (secondary N) is 1. The highest BCUT2D eigenvalue weighted by atomic mass is 79.9. The Morgan fingerprint density at radius 3 is 2.46 bits per heavy atom. The third-order valence-electron chi connectivity index (χ3n) is 4.17. The van der Waals surface area contributed by atoms with Gasteiger partial charge in [-0.3, -0.25) is 9.59 Å². The Morgan fingerprint density at radius 2 is 1.89 bits per heavy atom. The minimum atomic E-state index is -0.663. The molecule has 1 atom stereocenters. The Morgan fingerprint density at radius 1 is 1.21 bits per heavy atom. The number of nitrogens with zero attached hydrogens (tertiary/aromatic N) is 1. The van der Waals surface area contributed by atoms with Crippen LogP contribution in [-0.2, 0) is 16.1 Å². The normalized spacial score (nSPS) is 11.5. The lowest BCUT2D eigenvalue weighted by Gasteiger charge is -2.28. The van der Waals surface area contributed by atoms with Gasteiger partial charge in [-0.2, -0.15) is 0 Å². The summed E-state index contributed by atoms with van der Waals surface area (Å²) in [6, 6.07) is 11.8. The Labute approximate surface area is 177 Å². The van der Waals surface area contributed by atoms with Crippen molar-refractivity contribution in [1.82, 2.24) is 10.2 Å². The Hall–Kier alpha value is -2.25. The van der Waals surface area contributed by atoms with E-state index in [1.807, 2.05) is 12.1 Å². The summed E-state index contributed by atoms with van der Waals surface area (Å²) in [5.74, 6) is 0.527. The molecule has 0 saturated carbocycles. The van der Waals surface area contributed by atoms with E-state index in [4.69, 9.17) is 21.1 Å². The minimum absolute atomic E-state index is 0.237. The Balaban J connectivity index is 2.14. The van der Waals surface area contributed by atoms with Crippen LogP contribution in [0.5, 0.6) is 11.5 Å². The van der Waals surface area contributed by atoms with Crippen molar-refractivity contribution in [3.05, 3.63) is 57.5 Å². The largest absolute Gasteiger partial charge is 0.497 e. The van der Waals surface area contributed by atoms with E-state index in [9.17, 15) is 9.59 Å². The maximum atomic E-state index is 12.8. The van der Waals surface area contributed by atoms with E-state index in [1.54, 1.807) is 44.4 Å². The van der Waals surface area contributed by atoms with E-state index in [1.165, 1.54) is 11.9 Å². The molecular formula is C20H22BrClN2O4. The molecule has 2 aromatic carbocycles. The molecule has 28 heavy (non-hydrogen) atoms. The van der Waals surface area contributed by atoms with Crippen molar-refractivity contribution < 1.29 is 19.1 Å². The van der Waals surface area contributed by atoms with Crippen LogP contribution in [0.2, 0.25) is 5.02 Å². The van der Waals surface area contributed by atoms with Crippen LogP contribution in [0.15, 0.2) is 46.9 Å². The van der Waals surface area contributed by atoms with Gasteiger partial charge in [0.1, 0.15) is 17.5 Å². The van der Waals surface area contributed by atoms with Gasteiger partial charge in [-0.25, -0.2) is 0 Å². The zero-order chi connectivity index (χ0) is 20.7. The Kier molecular flexibility index (Phi) is 8.14. The fourth-order valence-corrected chi connectivity index (χ4v) is 3.26. The summed E-state index contributed by atoms with van der Waals surface area (Å²) in [6.07, 6.45) is 0. The predicted molar refractivity (Wildman–Crippen MR) is 112 cm³/mol. The van der Waals surface area contributed by atoms with Crippen LogP contribution in [0.25, 0.3) is 0 Å². The van der Waals surface area contributed by atoms with Crippen LogP contribution in [0.4, 0.5) is 0 Å². The van der Waals surface area contributed by atoms with E-state index in [-0.39, 0.29) is 25.0 Å². The lowest BCUT2D eigenvalue weighted by molar-refractivity contribution is -0.142. The molecule has 0 saturated heterocycles. The number of hydrogen-bond donors (Lipinski definition) is 1. The molecule has 150 valence electrons. The molecule has 0 aromatic heterocycles. The van der Waals surface area contributed by atoms with Crippen molar-refractivity contribution >= 4 is 39.3 Å². The van der Waals surface area contributed by atoms with Crippen LogP contribution in [0.3, 0.4) is 0 Å². The van der Waals surface area contributed by atoms with Crippen LogP contribution in [-0.4, -0.2) is 43.5 Å². The highest BCUT2D eigenvalue weighted by molar-refractivity contribution is 9.10. The molecule has 8 heteroatoms. The van der Waals surface area contributed by atoms with Crippen molar-refractivity contribution in [1.29, 1.82) is 0 Å². The molecule has 0 aliphatic carbocycles. The molecule has 0 radical (unpaired) electrons. The second-order valence-corrected chi connectivity index (χ2v) is 7.35. The topological polar surface area (TPSA) is 67.9 Å². The summed E-state index contributed by atoms with van der Waals surface area (Å²) < 4.78 is 11.5. The number of methoxy groups -OCH3 is 1. The van der Waals surface area contributed by atoms with Gasteiger partial charge in [0.2, 0.25) is 5.91 Å². The summed E-state index contributed by atoms with van der Waals surface area (Å²) in [6.45, 7) is 1.69. The van der Waals surface area contributed by atoms with Crippen molar-refractivity contribution in [2.24, 2.45) is 0 Å². The number of rotatable bonds is 8. The molecule has 0 aliphatic heterocycles. The zero-order valence-corrected chi connectivity index (χ0v) is 18.2. The molecule has 0 fully saturated rings. The summed E-state index contributed by atoms with van der Waals surface area (Å²) in [4.78, 5) is 26.4.